The summed E-state index contributed by atoms with van der Waals surface area (Å²) in [5, 5.41) is 8.33. The van der Waals surface area contributed by atoms with Gasteiger partial charge in [-0.1, -0.05) is 11.3 Å². The van der Waals surface area contributed by atoms with Crippen molar-refractivity contribution in [3.8, 4) is 5.82 Å². The van der Waals surface area contributed by atoms with E-state index in [0.29, 0.717) is 6.54 Å². The third kappa shape index (κ3) is 1.57. The quantitative estimate of drug-likeness (QED) is 0.730. The van der Waals surface area contributed by atoms with Crippen molar-refractivity contribution in [1.29, 1.82) is 0 Å². The first-order valence-electron chi connectivity index (χ1n) is 5.88. The van der Waals surface area contributed by atoms with E-state index in [0.717, 1.165) is 30.0 Å². The van der Waals surface area contributed by atoms with Crippen LogP contribution in [0.25, 0.3) is 5.82 Å². The van der Waals surface area contributed by atoms with Crippen LogP contribution in [0.5, 0.6) is 0 Å². The SMILES string of the molecule is CC1c2nnn(-c3ccccn3)c2CCN1C=O. The summed E-state index contributed by atoms with van der Waals surface area (Å²) >= 11 is 0. The van der Waals surface area contributed by atoms with E-state index in [2.05, 4.69) is 15.3 Å². The third-order valence-corrected chi connectivity index (χ3v) is 3.29. The Balaban J connectivity index is 2.05. The first-order chi connectivity index (χ1) is 8.81. The number of amides is 1. The molecule has 92 valence electrons. The van der Waals surface area contributed by atoms with Crippen LogP contribution in [0.3, 0.4) is 0 Å². The second kappa shape index (κ2) is 4.21. The molecule has 1 atom stereocenters. The monoisotopic (exact) mass is 243 g/mol. The maximum Gasteiger partial charge on any atom is 0.210 e. The molecule has 0 aromatic carbocycles. The Hall–Kier alpha value is -2.24. The molecule has 0 fully saturated rings. The zero-order chi connectivity index (χ0) is 12.5. The fourth-order valence-corrected chi connectivity index (χ4v) is 2.26. The number of carbonyl (C=O) groups is 1. The minimum atomic E-state index is -0.0243. The Labute approximate surface area is 104 Å². The number of hydrogen-bond donors (Lipinski definition) is 0. The summed E-state index contributed by atoms with van der Waals surface area (Å²) in [6, 6.07) is 5.65. The van der Waals surface area contributed by atoms with E-state index in [1.807, 2.05) is 25.1 Å². The van der Waals surface area contributed by atoms with Crippen molar-refractivity contribution in [2.75, 3.05) is 6.54 Å². The van der Waals surface area contributed by atoms with Crippen LogP contribution in [-0.4, -0.2) is 37.8 Å². The fraction of sp³-hybridized carbons (Fsp3) is 0.333. The van der Waals surface area contributed by atoms with E-state index >= 15 is 0 Å². The Bertz CT molecular complexity index is 565. The molecule has 0 radical (unpaired) electrons. The van der Waals surface area contributed by atoms with Crippen molar-refractivity contribution < 1.29 is 4.79 Å². The molecule has 2 aromatic rings. The van der Waals surface area contributed by atoms with Gasteiger partial charge in [-0.05, 0) is 19.1 Å². The molecule has 1 aliphatic rings. The predicted molar refractivity (Wildman–Crippen MR) is 64.0 cm³/mol. The molecule has 0 N–H and O–H groups in total. The van der Waals surface area contributed by atoms with Crippen LogP contribution in [0.15, 0.2) is 24.4 Å². The Kier molecular flexibility index (Phi) is 2.55. The number of carbonyl (C=O) groups excluding carboxylic acids is 1. The summed E-state index contributed by atoms with van der Waals surface area (Å²) in [7, 11) is 0. The summed E-state index contributed by atoms with van der Waals surface area (Å²) in [6.45, 7) is 2.65. The largest absolute Gasteiger partial charge is 0.336 e. The molecule has 18 heavy (non-hydrogen) atoms. The molecule has 6 nitrogen and oxygen atoms in total. The van der Waals surface area contributed by atoms with Crippen LogP contribution in [0, 0.1) is 0 Å². The van der Waals surface area contributed by atoms with Gasteiger partial charge in [0.1, 0.15) is 5.69 Å². The maximum absolute atomic E-state index is 10.9. The van der Waals surface area contributed by atoms with Crippen molar-refractivity contribution in [3.05, 3.63) is 35.8 Å². The van der Waals surface area contributed by atoms with Gasteiger partial charge in [-0.25, -0.2) is 4.98 Å². The number of pyridine rings is 1. The molecule has 1 aliphatic heterocycles. The minimum Gasteiger partial charge on any atom is -0.336 e. The number of hydrogen-bond acceptors (Lipinski definition) is 4. The number of nitrogens with zero attached hydrogens (tertiary/aromatic N) is 5. The van der Waals surface area contributed by atoms with Gasteiger partial charge in [-0.3, -0.25) is 4.79 Å². The second-order valence-electron chi connectivity index (χ2n) is 4.29. The number of aromatic nitrogens is 4. The van der Waals surface area contributed by atoms with E-state index in [-0.39, 0.29) is 6.04 Å². The Morgan fingerprint density at radius 2 is 2.33 bits per heavy atom. The van der Waals surface area contributed by atoms with Crippen LogP contribution in [0.2, 0.25) is 0 Å². The summed E-state index contributed by atoms with van der Waals surface area (Å²) in [4.78, 5) is 16.9. The lowest BCUT2D eigenvalue weighted by Crippen LogP contribution is -2.33. The molecule has 0 saturated heterocycles. The highest BCUT2D eigenvalue weighted by atomic mass is 16.1. The van der Waals surface area contributed by atoms with Crippen molar-refractivity contribution in [1.82, 2.24) is 24.9 Å². The lowest BCUT2D eigenvalue weighted by molar-refractivity contribution is -0.120. The van der Waals surface area contributed by atoms with Gasteiger partial charge in [0.25, 0.3) is 0 Å². The predicted octanol–water partition coefficient (Wildman–Crippen LogP) is 0.738. The molecule has 3 heterocycles. The van der Waals surface area contributed by atoms with Crippen molar-refractivity contribution in [3.63, 3.8) is 0 Å². The molecule has 2 aromatic heterocycles. The van der Waals surface area contributed by atoms with Crippen LogP contribution >= 0.6 is 0 Å². The van der Waals surface area contributed by atoms with Crippen molar-refractivity contribution >= 4 is 6.41 Å². The molecule has 1 amide bonds. The van der Waals surface area contributed by atoms with Gasteiger partial charge in [0, 0.05) is 19.2 Å². The van der Waals surface area contributed by atoms with Crippen LogP contribution in [0.1, 0.15) is 24.4 Å². The van der Waals surface area contributed by atoms with Gasteiger partial charge in [0.2, 0.25) is 6.41 Å². The maximum atomic E-state index is 10.9. The first kappa shape index (κ1) is 10.9. The molecular formula is C12H13N5O. The van der Waals surface area contributed by atoms with Crippen molar-refractivity contribution in [2.24, 2.45) is 0 Å². The summed E-state index contributed by atoms with van der Waals surface area (Å²) < 4.78 is 1.76. The van der Waals surface area contributed by atoms with Gasteiger partial charge in [-0.2, -0.15) is 4.68 Å². The standard InChI is InChI=1S/C12H13N5O/c1-9-12-10(5-7-16(9)8-18)17(15-14-12)11-4-2-3-6-13-11/h2-4,6,8-9H,5,7H2,1H3. The average Bonchev–Trinajstić information content (AvgIpc) is 2.85. The molecule has 3 rings (SSSR count). The molecule has 0 bridgehead atoms. The van der Waals surface area contributed by atoms with E-state index in [9.17, 15) is 4.79 Å². The molecule has 0 saturated carbocycles. The smallest absolute Gasteiger partial charge is 0.210 e. The Morgan fingerprint density at radius 1 is 1.44 bits per heavy atom. The van der Waals surface area contributed by atoms with E-state index in [1.165, 1.54) is 0 Å². The highest BCUT2D eigenvalue weighted by molar-refractivity contribution is 5.49. The highest BCUT2D eigenvalue weighted by Gasteiger charge is 2.28. The third-order valence-electron chi connectivity index (χ3n) is 3.29. The highest BCUT2D eigenvalue weighted by Crippen LogP contribution is 2.27. The molecular weight excluding hydrogens is 230 g/mol. The van der Waals surface area contributed by atoms with Gasteiger partial charge in [-0.15, -0.1) is 5.10 Å². The Morgan fingerprint density at radius 3 is 3.06 bits per heavy atom. The minimum absolute atomic E-state index is 0.0243. The fourth-order valence-electron chi connectivity index (χ4n) is 2.26. The average molecular weight is 243 g/mol. The molecule has 0 spiro atoms. The zero-order valence-corrected chi connectivity index (χ0v) is 10.0. The van der Waals surface area contributed by atoms with Crippen LogP contribution in [0.4, 0.5) is 0 Å². The van der Waals surface area contributed by atoms with Gasteiger partial charge < -0.3 is 4.90 Å². The van der Waals surface area contributed by atoms with E-state index in [1.54, 1.807) is 15.8 Å². The van der Waals surface area contributed by atoms with Gasteiger partial charge in [0.05, 0.1) is 11.7 Å². The van der Waals surface area contributed by atoms with Crippen molar-refractivity contribution in [2.45, 2.75) is 19.4 Å². The lowest BCUT2D eigenvalue weighted by Gasteiger charge is -2.28. The summed E-state index contributed by atoms with van der Waals surface area (Å²) in [5.74, 6) is 0.762. The summed E-state index contributed by atoms with van der Waals surface area (Å²) in [6.07, 6.45) is 3.35. The van der Waals surface area contributed by atoms with Crippen LogP contribution < -0.4 is 0 Å². The summed E-state index contributed by atoms with van der Waals surface area (Å²) in [5.41, 5.74) is 1.90. The first-order valence-corrected chi connectivity index (χ1v) is 5.88. The number of rotatable bonds is 2. The number of fused-ring (bicyclic) bond motifs is 1. The van der Waals surface area contributed by atoms with E-state index < -0.39 is 0 Å². The van der Waals surface area contributed by atoms with Gasteiger partial charge in [0.15, 0.2) is 5.82 Å². The lowest BCUT2D eigenvalue weighted by atomic mass is 10.1. The molecule has 6 heteroatoms. The molecule has 1 unspecified atom stereocenters. The zero-order valence-electron chi connectivity index (χ0n) is 10.0. The molecule has 0 aliphatic carbocycles. The topological polar surface area (TPSA) is 63.9 Å². The second-order valence-corrected chi connectivity index (χ2v) is 4.29. The van der Waals surface area contributed by atoms with E-state index in [4.69, 9.17) is 0 Å². The normalized spacial score (nSPS) is 18.5. The van der Waals surface area contributed by atoms with Gasteiger partial charge >= 0.3 is 0 Å². The van der Waals surface area contributed by atoms with Crippen LogP contribution in [-0.2, 0) is 11.2 Å².